The van der Waals surface area contributed by atoms with E-state index in [0.717, 1.165) is 30.2 Å². The highest BCUT2D eigenvalue weighted by atomic mass is 32.1. The highest BCUT2D eigenvalue weighted by Gasteiger charge is 2.21. The summed E-state index contributed by atoms with van der Waals surface area (Å²) in [5.74, 6) is -0.0899. The number of aromatic nitrogens is 1. The van der Waals surface area contributed by atoms with Crippen LogP contribution in [-0.2, 0) is 28.8 Å². The fraction of sp³-hybridized carbons (Fsp3) is 0.364. The highest BCUT2D eigenvalue weighted by molar-refractivity contribution is 7.09. The van der Waals surface area contributed by atoms with Crippen LogP contribution in [0, 0.1) is 5.92 Å². The number of fused-ring (bicyclic) bond motifs is 3. The van der Waals surface area contributed by atoms with Crippen molar-refractivity contribution < 1.29 is 14.3 Å². The molecule has 2 aromatic heterocycles. The van der Waals surface area contributed by atoms with Gasteiger partial charge in [0.1, 0.15) is 0 Å². The molecule has 0 unspecified atom stereocenters. The van der Waals surface area contributed by atoms with Crippen molar-refractivity contribution in [2.45, 2.75) is 32.6 Å². The van der Waals surface area contributed by atoms with Gasteiger partial charge in [-0.15, -0.1) is 11.3 Å². The maximum atomic E-state index is 12.4. The molecular formula is C22H24N2O3S. The summed E-state index contributed by atoms with van der Waals surface area (Å²) < 4.78 is 5.21. The lowest BCUT2D eigenvalue weighted by Gasteiger charge is -2.18. The molecular weight excluding hydrogens is 372 g/mol. The number of H-pyrrole nitrogens is 1. The van der Waals surface area contributed by atoms with E-state index in [4.69, 9.17) is 4.74 Å². The van der Waals surface area contributed by atoms with E-state index in [1.54, 1.807) is 17.4 Å². The number of amides is 1. The standard InChI is InChI=1S/C22H24N2O3S/c1-14-4-6-19-17(11-14)18-12-15(5-7-20(18)24-19)22(26)27-13-21(25)23-9-8-16-3-2-10-28-16/h2-3,5,7,10,12,14,24H,4,6,8-9,11,13H2,1H3,(H,23,25)/t14-/m1/s1. The molecule has 3 aromatic rings. The molecule has 2 N–H and O–H groups in total. The van der Waals surface area contributed by atoms with Crippen molar-refractivity contribution in [2.24, 2.45) is 5.92 Å². The summed E-state index contributed by atoms with van der Waals surface area (Å²) in [6, 6.07) is 9.59. The predicted molar refractivity (Wildman–Crippen MR) is 111 cm³/mol. The molecule has 0 spiro atoms. The zero-order valence-corrected chi connectivity index (χ0v) is 16.7. The van der Waals surface area contributed by atoms with Crippen LogP contribution in [0.15, 0.2) is 35.7 Å². The minimum atomic E-state index is -0.464. The molecule has 0 fully saturated rings. The summed E-state index contributed by atoms with van der Waals surface area (Å²) >= 11 is 1.66. The number of rotatable bonds is 6. The minimum absolute atomic E-state index is 0.260. The van der Waals surface area contributed by atoms with E-state index in [-0.39, 0.29) is 12.5 Å². The van der Waals surface area contributed by atoms with Gasteiger partial charge in [-0.3, -0.25) is 4.79 Å². The Labute approximate surface area is 168 Å². The summed E-state index contributed by atoms with van der Waals surface area (Å²) in [6.07, 6.45) is 4.05. The Bertz CT molecular complexity index is 991. The first-order chi connectivity index (χ1) is 13.6. The molecule has 0 saturated carbocycles. The van der Waals surface area contributed by atoms with E-state index in [2.05, 4.69) is 17.2 Å². The number of aryl methyl sites for hydroxylation is 1. The number of thiophene rings is 1. The van der Waals surface area contributed by atoms with Crippen LogP contribution in [-0.4, -0.2) is 30.0 Å². The smallest absolute Gasteiger partial charge is 0.338 e. The van der Waals surface area contributed by atoms with Crippen molar-refractivity contribution in [1.82, 2.24) is 10.3 Å². The number of carbonyl (C=O) groups excluding carboxylic acids is 2. The van der Waals surface area contributed by atoms with Crippen LogP contribution in [0.2, 0.25) is 0 Å². The Hall–Kier alpha value is -2.60. The van der Waals surface area contributed by atoms with E-state index in [1.165, 1.54) is 22.6 Å². The van der Waals surface area contributed by atoms with Crippen molar-refractivity contribution in [1.29, 1.82) is 0 Å². The van der Waals surface area contributed by atoms with Crippen molar-refractivity contribution in [3.8, 4) is 0 Å². The van der Waals surface area contributed by atoms with E-state index in [9.17, 15) is 9.59 Å². The summed E-state index contributed by atoms with van der Waals surface area (Å²) in [5.41, 5.74) is 4.14. The van der Waals surface area contributed by atoms with Crippen LogP contribution < -0.4 is 5.32 Å². The van der Waals surface area contributed by atoms with Gasteiger partial charge in [0.2, 0.25) is 0 Å². The van der Waals surface area contributed by atoms with Crippen molar-refractivity contribution in [2.75, 3.05) is 13.2 Å². The van der Waals surface area contributed by atoms with Crippen LogP contribution in [0.4, 0.5) is 0 Å². The molecule has 1 amide bonds. The highest BCUT2D eigenvalue weighted by Crippen LogP contribution is 2.32. The largest absolute Gasteiger partial charge is 0.452 e. The van der Waals surface area contributed by atoms with Gasteiger partial charge in [0, 0.05) is 28.0 Å². The number of hydrogen-bond donors (Lipinski definition) is 2. The van der Waals surface area contributed by atoms with Gasteiger partial charge in [-0.25, -0.2) is 4.79 Å². The van der Waals surface area contributed by atoms with E-state index in [1.807, 2.05) is 29.6 Å². The molecule has 0 aliphatic heterocycles. The van der Waals surface area contributed by atoms with Crippen LogP contribution in [0.3, 0.4) is 0 Å². The first kappa shape index (κ1) is 18.7. The molecule has 2 heterocycles. The summed E-state index contributed by atoms with van der Waals surface area (Å²) in [4.78, 5) is 29.0. The number of nitrogens with one attached hydrogen (secondary N) is 2. The van der Waals surface area contributed by atoms with Gasteiger partial charge in [0.05, 0.1) is 5.56 Å². The molecule has 146 valence electrons. The van der Waals surface area contributed by atoms with Gasteiger partial charge in [-0.1, -0.05) is 13.0 Å². The lowest BCUT2D eigenvalue weighted by molar-refractivity contribution is -0.124. The summed E-state index contributed by atoms with van der Waals surface area (Å²) in [5, 5.41) is 5.89. The van der Waals surface area contributed by atoms with Crippen LogP contribution in [0.1, 0.15) is 39.8 Å². The number of hydrogen-bond acceptors (Lipinski definition) is 4. The molecule has 1 aliphatic rings. The number of esters is 1. The topological polar surface area (TPSA) is 71.2 Å². The van der Waals surface area contributed by atoms with E-state index < -0.39 is 5.97 Å². The summed E-state index contributed by atoms with van der Waals surface area (Å²) in [7, 11) is 0. The van der Waals surface area contributed by atoms with E-state index >= 15 is 0 Å². The third kappa shape index (κ3) is 4.12. The van der Waals surface area contributed by atoms with Gasteiger partial charge in [-0.05, 0) is 66.8 Å². The quantitative estimate of drug-likeness (QED) is 0.622. The molecule has 0 bridgehead atoms. The maximum Gasteiger partial charge on any atom is 0.338 e. The zero-order valence-electron chi connectivity index (χ0n) is 15.9. The lowest BCUT2D eigenvalue weighted by Crippen LogP contribution is -2.30. The molecule has 1 aromatic carbocycles. The number of benzene rings is 1. The third-order valence-corrected chi connectivity index (χ3v) is 6.21. The molecule has 0 saturated heterocycles. The van der Waals surface area contributed by atoms with Gasteiger partial charge in [0.25, 0.3) is 5.91 Å². The fourth-order valence-electron chi connectivity index (χ4n) is 3.76. The molecule has 0 radical (unpaired) electrons. The van der Waals surface area contributed by atoms with Crippen molar-refractivity contribution in [3.63, 3.8) is 0 Å². The molecule has 5 nitrogen and oxygen atoms in total. The second kappa shape index (κ2) is 8.19. The van der Waals surface area contributed by atoms with Crippen LogP contribution in [0.25, 0.3) is 10.9 Å². The van der Waals surface area contributed by atoms with E-state index in [0.29, 0.717) is 18.0 Å². The first-order valence-electron chi connectivity index (χ1n) is 9.70. The van der Waals surface area contributed by atoms with Crippen molar-refractivity contribution in [3.05, 3.63) is 57.4 Å². The zero-order chi connectivity index (χ0) is 19.5. The SMILES string of the molecule is C[C@@H]1CCc2[nH]c3ccc(C(=O)OCC(=O)NCCc4cccs4)cc3c2C1. The molecule has 1 aliphatic carbocycles. The van der Waals surface area contributed by atoms with Gasteiger partial charge >= 0.3 is 5.97 Å². The first-order valence-corrected chi connectivity index (χ1v) is 10.6. The molecule has 6 heteroatoms. The summed E-state index contributed by atoms with van der Waals surface area (Å²) in [6.45, 7) is 2.54. The average molecular weight is 397 g/mol. The second-order valence-electron chi connectivity index (χ2n) is 7.45. The Morgan fingerprint density at radius 1 is 1.32 bits per heavy atom. The Morgan fingerprint density at radius 3 is 3.04 bits per heavy atom. The number of carbonyl (C=O) groups is 2. The average Bonchev–Trinajstić information content (AvgIpc) is 3.33. The van der Waals surface area contributed by atoms with Crippen LogP contribution >= 0.6 is 11.3 Å². The third-order valence-electron chi connectivity index (χ3n) is 5.28. The van der Waals surface area contributed by atoms with Crippen LogP contribution in [0.5, 0.6) is 0 Å². The minimum Gasteiger partial charge on any atom is -0.452 e. The predicted octanol–water partition coefficient (Wildman–Crippen LogP) is 3.87. The molecule has 28 heavy (non-hydrogen) atoms. The van der Waals surface area contributed by atoms with Gasteiger partial charge in [0.15, 0.2) is 6.61 Å². The Morgan fingerprint density at radius 2 is 2.21 bits per heavy atom. The molecule has 4 rings (SSSR count). The van der Waals surface area contributed by atoms with Gasteiger partial charge in [-0.2, -0.15) is 0 Å². The number of ether oxygens (including phenoxy) is 1. The lowest BCUT2D eigenvalue weighted by atomic mass is 9.87. The number of aromatic amines is 1. The molecule has 1 atom stereocenters. The second-order valence-corrected chi connectivity index (χ2v) is 8.48. The normalized spacial score (nSPS) is 16.0. The fourth-order valence-corrected chi connectivity index (χ4v) is 4.47. The maximum absolute atomic E-state index is 12.4. The Kier molecular flexibility index (Phi) is 5.48. The van der Waals surface area contributed by atoms with Crippen molar-refractivity contribution >= 4 is 34.1 Å². The Balaban J connectivity index is 1.34. The monoisotopic (exact) mass is 396 g/mol. The van der Waals surface area contributed by atoms with Gasteiger partial charge < -0.3 is 15.0 Å².